The minimum absolute atomic E-state index is 0.410. The summed E-state index contributed by atoms with van der Waals surface area (Å²) in [5, 5.41) is 1.56. The fourth-order valence-corrected chi connectivity index (χ4v) is 1.67. The molecule has 2 nitrogen and oxygen atoms in total. The third-order valence-electron chi connectivity index (χ3n) is 1.93. The molecule has 0 unspecified atom stereocenters. The first kappa shape index (κ1) is 9.44. The maximum absolute atomic E-state index is 10.6. The van der Waals surface area contributed by atoms with Crippen molar-refractivity contribution in [3.05, 3.63) is 40.0 Å². The second-order valence-electron chi connectivity index (χ2n) is 2.79. The molecule has 1 aromatic carbocycles. The summed E-state index contributed by atoms with van der Waals surface area (Å²) in [5.41, 5.74) is 1.15. The van der Waals surface area contributed by atoms with Crippen LogP contribution >= 0.6 is 23.2 Å². The number of benzene rings is 1. The molecule has 2 aromatic rings. The Morgan fingerprint density at radius 3 is 2.64 bits per heavy atom. The molecule has 0 bridgehead atoms. The number of aromatic nitrogens is 1. The van der Waals surface area contributed by atoms with Gasteiger partial charge in [0.1, 0.15) is 5.15 Å². The zero-order valence-electron chi connectivity index (χ0n) is 7.00. The van der Waals surface area contributed by atoms with Crippen LogP contribution in [0, 0.1) is 0 Å². The van der Waals surface area contributed by atoms with Gasteiger partial charge in [-0.2, -0.15) is 0 Å². The van der Waals surface area contributed by atoms with Crippen molar-refractivity contribution in [3.8, 4) is 0 Å². The molecule has 0 aliphatic carbocycles. The normalized spacial score (nSPS) is 10.4. The Morgan fingerprint density at radius 2 is 1.93 bits per heavy atom. The van der Waals surface area contributed by atoms with Crippen LogP contribution in [-0.4, -0.2) is 11.3 Å². The SMILES string of the molecule is O=Cc1ccc2nc(Cl)ccc2c1Cl. The number of pyridine rings is 1. The van der Waals surface area contributed by atoms with E-state index >= 15 is 0 Å². The van der Waals surface area contributed by atoms with Crippen molar-refractivity contribution in [1.82, 2.24) is 4.98 Å². The molecule has 0 fully saturated rings. The van der Waals surface area contributed by atoms with Gasteiger partial charge in [0.25, 0.3) is 0 Å². The van der Waals surface area contributed by atoms with Gasteiger partial charge >= 0.3 is 0 Å². The molecule has 14 heavy (non-hydrogen) atoms. The van der Waals surface area contributed by atoms with E-state index in [0.717, 1.165) is 11.7 Å². The molecule has 0 atom stereocenters. The molecule has 0 aliphatic rings. The van der Waals surface area contributed by atoms with Gasteiger partial charge < -0.3 is 0 Å². The minimum Gasteiger partial charge on any atom is -0.298 e. The number of aldehydes is 1. The average Bonchev–Trinajstić information content (AvgIpc) is 2.18. The smallest absolute Gasteiger partial charge is 0.151 e. The lowest BCUT2D eigenvalue weighted by molar-refractivity contribution is 0.112. The van der Waals surface area contributed by atoms with Gasteiger partial charge in [0.05, 0.1) is 10.5 Å². The number of hydrogen-bond acceptors (Lipinski definition) is 2. The highest BCUT2D eigenvalue weighted by atomic mass is 35.5. The topological polar surface area (TPSA) is 30.0 Å². The highest BCUT2D eigenvalue weighted by Crippen LogP contribution is 2.26. The van der Waals surface area contributed by atoms with Crippen LogP contribution in [0.2, 0.25) is 10.2 Å². The lowest BCUT2D eigenvalue weighted by Crippen LogP contribution is -1.86. The molecule has 4 heteroatoms. The maximum Gasteiger partial charge on any atom is 0.151 e. The quantitative estimate of drug-likeness (QED) is 0.551. The van der Waals surface area contributed by atoms with Crippen molar-refractivity contribution in [3.63, 3.8) is 0 Å². The van der Waals surface area contributed by atoms with Gasteiger partial charge in [-0.1, -0.05) is 23.2 Å². The summed E-state index contributed by atoms with van der Waals surface area (Å²) >= 11 is 11.7. The standard InChI is InChI=1S/C10H5Cl2NO/c11-9-4-2-7-8(13-9)3-1-6(5-14)10(7)12/h1-5H. The Balaban J connectivity index is 2.83. The molecular formula is C10H5Cl2NO. The molecule has 70 valence electrons. The number of halogens is 2. The van der Waals surface area contributed by atoms with Crippen LogP contribution < -0.4 is 0 Å². The second kappa shape index (κ2) is 3.56. The van der Waals surface area contributed by atoms with Crippen molar-refractivity contribution in [2.75, 3.05) is 0 Å². The Bertz CT molecular complexity index is 511. The van der Waals surface area contributed by atoms with Crippen LogP contribution in [0.25, 0.3) is 10.9 Å². The number of rotatable bonds is 1. The van der Waals surface area contributed by atoms with Crippen LogP contribution in [0.15, 0.2) is 24.3 Å². The summed E-state index contributed by atoms with van der Waals surface area (Å²) in [6.45, 7) is 0. The van der Waals surface area contributed by atoms with Gasteiger partial charge in [-0.05, 0) is 24.3 Å². The summed E-state index contributed by atoms with van der Waals surface area (Å²) in [6.07, 6.45) is 0.719. The van der Waals surface area contributed by atoms with E-state index in [1.807, 2.05) is 0 Å². The number of fused-ring (bicyclic) bond motifs is 1. The molecule has 0 spiro atoms. The van der Waals surface area contributed by atoms with Crippen molar-refractivity contribution in [2.45, 2.75) is 0 Å². The van der Waals surface area contributed by atoms with E-state index in [1.54, 1.807) is 24.3 Å². The average molecular weight is 226 g/mol. The summed E-state index contributed by atoms with van der Waals surface area (Å²) in [5.74, 6) is 0. The summed E-state index contributed by atoms with van der Waals surface area (Å²) in [7, 11) is 0. The minimum atomic E-state index is 0.410. The van der Waals surface area contributed by atoms with Crippen molar-refractivity contribution >= 4 is 40.4 Å². The predicted molar refractivity (Wildman–Crippen MR) is 57.2 cm³/mol. The van der Waals surface area contributed by atoms with Gasteiger partial charge in [0.15, 0.2) is 6.29 Å². The number of carbonyl (C=O) groups excluding carboxylic acids is 1. The van der Waals surface area contributed by atoms with Crippen LogP contribution in [0.4, 0.5) is 0 Å². The highest BCUT2D eigenvalue weighted by molar-refractivity contribution is 6.38. The molecule has 2 rings (SSSR count). The molecule has 0 aliphatic heterocycles. The van der Waals surface area contributed by atoms with Gasteiger partial charge in [-0.25, -0.2) is 4.98 Å². The molecule has 0 N–H and O–H groups in total. The fraction of sp³-hybridized carbons (Fsp3) is 0. The van der Waals surface area contributed by atoms with Gasteiger partial charge in [-0.3, -0.25) is 4.79 Å². The van der Waals surface area contributed by atoms with Crippen molar-refractivity contribution < 1.29 is 4.79 Å². The first-order valence-corrected chi connectivity index (χ1v) is 4.68. The Hall–Kier alpha value is -1.12. The van der Waals surface area contributed by atoms with Gasteiger partial charge in [-0.15, -0.1) is 0 Å². The van der Waals surface area contributed by atoms with Gasteiger partial charge in [0.2, 0.25) is 0 Å². The lowest BCUT2D eigenvalue weighted by Gasteiger charge is -2.01. The number of carbonyl (C=O) groups is 1. The molecule has 0 saturated heterocycles. The molecular weight excluding hydrogens is 221 g/mol. The Morgan fingerprint density at radius 1 is 1.14 bits per heavy atom. The first-order valence-electron chi connectivity index (χ1n) is 3.92. The van der Waals surface area contributed by atoms with E-state index in [9.17, 15) is 4.79 Å². The number of nitrogens with zero attached hydrogens (tertiary/aromatic N) is 1. The monoisotopic (exact) mass is 225 g/mol. The van der Waals surface area contributed by atoms with E-state index in [4.69, 9.17) is 23.2 Å². The van der Waals surface area contributed by atoms with Crippen molar-refractivity contribution in [2.24, 2.45) is 0 Å². The van der Waals surface area contributed by atoms with Crippen LogP contribution in [-0.2, 0) is 0 Å². The van der Waals surface area contributed by atoms with E-state index in [2.05, 4.69) is 4.98 Å². The highest BCUT2D eigenvalue weighted by Gasteiger charge is 2.05. The van der Waals surface area contributed by atoms with Crippen LogP contribution in [0.3, 0.4) is 0 Å². The summed E-state index contributed by atoms with van der Waals surface area (Å²) in [6, 6.07) is 6.74. The second-order valence-corrected chi connectivity index (χ2v) is 3.55. The summed E-state index contributed by atoms with van der Waals surface area (Å²) < 4.78 is 0. The first-order chi connectivity index (χ1) is 6.72. The zero-order chi connectivity index (χ0) is 10.1. The zero-order valence-corrected chi connectivity index (χ0v) is 8.51. The Labute approximate surface area is 90.5 Å². The van der Waals surface area contributed by atoms with E-state index in [1.165, 1.54) is 0 Å². The largest absolute Gasteiger partial charge is 0.298 e. The maximum atomic E-state index is 10.6. The van der Waals surface area contributed by atoms with E-state index in [-0.39, 0.29) is 0 Å². The van der Waals surface area contributed by atoms with Crippen LogP contribution in [0.1, 0.15) is 10.4 Å². The van der Waals surface area contributed by atoms with E-state index < -0.39 is 0 Å². The predicted octanol–water partition coefficient (Wildman–Crippen LogP) is 3.35. The molecule has 1 aromatic heterocycles. The van der Waals surface area contributed by atoms with Crippen molar-refractivity contribution in [1.29, 1.82) is 0 Å². The van der Waals surface area contributed by atoms with Gasteiger partial charge in [0, 0.05) is 10.9 Å². The summed E-state index contributed by atoms with van der Waals surface area (Å²) in [4.78, 5) is 14.7. The molecule has 0 saturated carbocycles. The third-order valence-corrected chi connectivity index (χ3v) is 2.56. The third kappa shape index (κ3) is 1.47. The van der Waals surface area contributed by atoms with Crippen LogP contribution in [0.5, 0.6) is 0 Å². The number of hydrogen-bond donors (Lipinski definition) is 0. The van der Waals surface area contributed by atoms with E-state index in [0.29, 0.717) is 21.3 Å². The molecule has 0 amide bonds. The molecule has 1 heterocycles. The fourth-order valence-electron chi connectivity index (χ4n) is 1.25. The molecule has 0 radical (unpaired) electrons. The Kier molecular flexibility index (Phi) is 2.40. The lowest BCUT2D eigenvalue weighted by atomic mass is 10.1.